The Balaban J connectivity index is 1.47. The summed E-state index contributed by atoms with van der Waals surface area (Å²) in [6, 6.07) is 24.3. The highest BCUT2D eigenvalue weighted by Gasteiger charge is 2.46. The van der Waals surface area contributed by atoms with Crippen molar-refractivity contribution in [1.82, 2.24) is 4.90 Å². The summed E-state index contributed by atoms with van der Waals surface area (Å²) >= 11 is 6.23. The maximum absolute atomic E-state index is 13.2. The summed E-state index contributed by atoms with van der Waals surface area (Å²) in [5.41, 5.74) is 3.19. The second-order valence-corrected chi connectivity index (χ2v) is 9.30. The topological polar surface area (TPSA) is 80.0 Å². The van der Waals surface area contributed by atoms with Crippen LogP contribution >= 0.6 is 11.6 Å². The molecule has 0 spiro atoms. The summed E-state index contributed by atoms with van der Waals surface area (Å²) in [6.07, 6.45) is 1.50. The Hall–Kier alpha value is -4.29. The number of nitrogens with zero attached hydrogens (tertiary/aromatic N) is 1. The van der Waals surface area contributed by atoms with Crippen molar-refractivity contribution in [3.05, 3.63) is 130 Å². The SMILES string of the molecule is Cc1cccc(COc2ccc(/C(O)=C3\C(=O)C(=O)N(Cc4ccco4)[C@H]3c3cccc(Cl)c3)cc2)c1. The van der Waals surface area contributed by atoms with Crippen molar-refractivity contribution >= 4 is 29.1 Å². The number of likely N-dealkylation sites (tertiary alicyclic amines) is 1. The van der Waals surface area contributed by atoms with Gasteiger partial charge in [0.05, 0.1) is 24.4 Å². The molecule has 37 heavy (non-hydrogen) atoms. The van der Waals surface area contributed by atoms with E-state index in [1.165, 1.54) is 11.2 Å². The molecule has 0 saturated carbocycles. The van der Waals surface area contributed by atoms with Crippen LogP contribution in [0, 0.1) is 6.92 Å². The van der Waals surface area contributed by atoms with Gasteiger partial charge in [0.25, 0.3) is 11.7 Å². The van der Waals surface area contributed by atoms with Crippen LogP contribution in [0.2, 0.25) is 5.02 Å². The lowest BCUT2D eigenvalue weighted by molar-refractivity contribution is -0.140. The first kappa shape index (κ1) is 24.4. The molecule has 0 radical (unpaired) electrons. The van der Waals surface area contributed by atoms with E-state index in [9.17, 15) is 14.7 Å². The van der Waals surface area contributed by atoms with Gasteiger partial charge in [0, 0.05) is 10.6 Å². The molecule has 6 nitrogen and oxygen atoms in total. The Kier molecular flexibility index (Phi) is 6.84. The lowest BCUT2D eigenvalue weighted by Gasteiger charge is -2.24. The number of aliphatic hydroxyl groups excluding tert-OH is 1. The summed E-state index contributed by atoms with van der Waals surface area (Å²) in [6.45, 7) is 2.49. The van der Waals surface area contributed by atoms with Gasteiger partial charge in [0.15, 0.2) is 0 Å². The van der Waals surface area contributed by atoms with Gasteiger partial charge in [0.1, 0.15) is 23.9 Å². The van der Waals surface area contributed by atoms with E-state index < -0.39 is 17.7 Å². The number of ether oxygens (including phenoxy) is 1. The molecule has 4 aromatic rings. The number of furan rings is 1. The van der Waals surface area contributed by atoms with Gasteiger partial charge in [-0.15, -0.1) is 0 Å². The molecule has 1 amide bonds. The zero-order valence-electron chi connectivity index (χ0n) is 20.1. The monoisotopic (exact) mass is 513 g/mol. The zero-order valence-corrected chi connectivity index (χ0v) is 20.8. The summed E-state index contributed by atoms with van der Waals surface area (Å²) in [4.78, 5) is 27.7. The van der Waals surface area contributed by atoms with Gasteiger partial charge >= 0.3 is 0 Å². The number of aliphatic hydroxyl groups is 1. The molecule has 1 fully saturated rings. The minimum atomic E-state index is -0.832. The average Bonchev–Trinajstić information content (AvgIpc) is 3.50. The molecule has 0 unspecified atom stereocenters. The van der Waals surface area contributed by atoms with Gasteiger partial charge in [-0.3, -0.25) is 9.59 Å². The van der Waals surface area contributed by atoms with Crippen molar-refractivity contribution in [1.29, 1.82) is 0 Å². The van der Waals surface area contributed by atoms with Crippen molar-refractivity contribution in [2.45, 2.75) is 26.1 Å². The predicted molar refractivity (Wildman–Crippen MR) is 140 cm³/mol. The van der Waals surface area contributed by atoms with Crippen LogP contribution in [0.5, 0.6) is 5.75 Å². The van der Waals surface area contributed by atoms with E-state index in [0.29, 0.717) is 34.3 Å². The Morgan fingerprint density at radius 2 is 1.78 bits per heavy atom. The highest BCUT2D eigenvalue weighted by atomic mass is 35.5. The van der Waals surface area contributed by atoms with Crippen LogP contribution in [-0.4, -0.2) is 21.7 Å². The molecule has 1 N–H and O–H groups in total. The summed E-state index contributed by atoms with van der Waals surface area (Å²) in [5, 5.41) is 11.7. The van der Waals surface area contributed by atoms with Crippen molar-refractivity contribution in [2.75, 3.05) is 0 Å². The second kappa shape index (κ2) is 10.4. The molecule has 1 aromatic heterocycles. The fourth-order valence-corrected chi connectivity index (χ4v) is 4.67. The number of aryl methyl sites for hydroxylation is 1. The number of amides is 1. The molecule has 7 heteroatoms. The smallest absolute Gasteiger partial charge is 0.296 e. The number of Topliss-reactive ketones (excluding diaryl/α,β-unsaturated/α-hetero) is 1. The van der Waals surface area contributed by atoms with Crippen molar-refractivity contribution in [2.24, 2.45) is 0 Å². The van der Waals surface area contributed by atoms with Gasteiger partial charge in [-0.2, -0.15) is 0 Å². The third kappa shape index (κ3) is 5.15. The van der Waals surface area contributed by atoms with E-state index in [4.69, 9.17) is 20.8 Å². The van der Waals surface area contributed by atoms with E-state index in [2.05, 4.69) is 6.07 Å². The third-order valence-electron chi connectivity index (χ3n) is 6.23. The molecule has 0 bridgehead atoms. The lowest BCUT2D eigenvalue weighted by Crippen LogP contribution is -2.29. The molecule has 0 aliphatic carbocycles. The van der Waals surface area contributed by atoms with Crippen LogP contribution in [0.4, 0.5) is 0 Å². The minimum Gasteiger partial charge on any atom is -0.507 e. The number of benzene rings is 3. The van der Waals surface area contributed by atoms with Crippen LogP contribution in [0.1, 0.15) is 34.1 Å². The maximum Gasteiger partial charge on any atom is 0.296 e. The number of carbonyl (C=O) groups is 2. The van der Waals surface area contributed by atoms with Gasteiger partial charge in [-0.05, 0) is 66.6 Å². The molecule has 1 aliphatic rings. The highest BCUT2D eigenvalue weighted by Crippen LogP contribution is 2.41. The highest BCUT2D eigenvalue weighted by molar-refractivity contribution is 6.46. The molecule has 3 aromatic carbocycles. The van der Waals surface area contributed by atoms with Crippen molar-refractivity contribution in [3.8, 4) is 5.75 Å². The molecule has 1 atom stereocenters. The molecule has 1 aliphatic heterocycles. The first-order valence-electron chi connectivity index (χ1n) is 11.8. The summed E-state index contributed by atoms with van der Waals surface area (Å²) in [7, 11) is 0. The average molecular weight is 514 g/mol. The number of carbonyl (C=O) groups excluding carboxylic acids is 2. The van der Waals surface area contributed by atoms with Crippen LogP contribution in [0.25, 0.3) is 5.76 Å². The van der Waals surface area contributed by atoms with Gasteiger partial charge in [-0.25, -0.2) is 0 Å². The number of rotatable bonds is 7. The van der Waals surface area contributed by atoms with Crippen LogP contribution in [-0.2, 0) is 22.7 Å². The van der Waals surface area contributed by atoms with Crippen LogP contribution in [0.15, 0.2) is 101 Å². The number of halogens is 1. The number of ketones is 1. The van der Waals surface area contributed by atoms with E-state index in [1.807, 2.05) is 25.1 Å². The van der Waals surface area contributed by atoms with Crippen LogP contribution < -0.4 is 4.74 Å². The number of hydrogen-bond acceptors (Lipinski definition) is 5. The molecule has 2 heterocycles. The second-order valence-electron chi connectivity index (χ2n) is 8.86. The van der Waals surface area contributed by atoms with Crippen molar-refractivity contribution in [3.63, 3.8) is 0 Å². The normalized spacial score (nSPS) is 16.8. The van der Waals surface area contributed by atoms with E-state index >= 15 is 0 Å². The summed E-state index contributed by atoms with van der Waals surface area (Å²) in [5.74, 6) is -0.628. The molecule has 5 rings (SSSR count). The lowest BCUT2D eigenvalue weighted by atomic mass is 9.95. The van der Waals surface area contributed by atoms with E-state index in [-0.39, 0.29) is 17.9 Å². The molecular formula is C30H24ClNO5. The first-order chi connectivity index (χ1) is 17.9. The van der Waals surface area contributed by atoms with E-state index in [0.717, 1.165) is 11.1 Å². The zero-order chi connectivity index (χ0) is 25.9. The third-order valence-corrected chi connectivity index (χ3v) is 6.46. The van der Waals surface area contributed by atoms with Gasteiger partial charge in [0.2, 0.25) is 0 Å². The Bertz CT molecular complexity index is 1470. The standard InChI is InChI=1S/C30H24ClNO5/c1-19-5-2-6-20(15-19)18-37-24-12-10-21(11-13-24)28(33)26-27(22-7-3-8-23(31)16-22)32(30(35)29(26)34)17-25-9-4-14-36-25/h2-16,27,33H,17-18H2,1H3/b28-26+/t27-/m0/s1. The van der Waals surface area contributed by atoms with Crippen LogP contribution in [0.3, 0.4) is 0 Å². The number of hydrogen-bond donors (Lipinski definition) is 1. The molecular weight excluding hydrogens is 490 g/mol. The quantitative estimate of drug-likeness (QED) is 0.175. The van der Waals surface area contributed by atoms with Gasteiger partial charge < -0.3 is 19.2 Å². The van der Waals surface area contributed by atoms with E-state index in [1.54, 1.807) is 60.7 Å². The summed E-state index contributed by atoms with van der Waals surface area (Å²) < 4.78 is 11.3. The largest absolute Gasteiger partial charge is 0.507 e. The Labute approximate surface area is 219 Å². The van der Waals surface area contributed by atoms with Gasteiger partial charge in [-0.1, -0.05) is 53.6 Å². The first-order valence-corrected chi connectivity index (χ1v) is 12.1. The molecule has 1 saturated heterocycles. The maximum atomic E-state index is 13.2. The molecule has 186 valence electrons. The Morgan fingerprint density at radius 1 is 1.00 bits per heavy atom. The predicted octanol–water partition coefficient (Wildman–Crippen LogP) is 6.44. The fraction of sp³-hybridized carbons (Fsp3) is 0.133. The Morgan fingerprint density at radius 3 is 2.49 bits per heavy atom. The fourth-order valence-electron chi connectivity index (χ4n) is 4.47. The minimum absolute atomic E-state index is 0.00717. The van der Waals surface area contributed by atoms with Crippen molar-refractivity contribution < 1.29 is 23.8 Å².